The summed E-state index contributed by atoms with van der Waals surface area (Å²) in [5.41, 5.74) is 1.62. The summed E-state index contributed by atoms with van der Waals surface area (Å²) in [4.78, 5) is 1.64. The van der Waals surface area contributed by atoms with E-state index in [4.69, 9.17) is 0 Å². The summed E-state index contributed by atoms with van der Waals surface area (Å²) in [5.74, 6) is 0.829. The predicted molar refractivity (Wildman–Crippen MR) is 57.0 cm³/mol. The highest BCUT2D eigenvalue weighted by Crippen LogP contribution is 2.33. The Balaban J connectivity index is 0.000000336. The molecular formula is C11H18S. The van der Waals surface area contributed by atoms with Crippen LogP contribution in [0.2, 0.25) is 0 Å². The largest absolute Gasteiger partial charge is 0.149 e. The molecule has 0 aliphatic heterocycles. The zero-order chi connectivity index (χ0) is 8.97. The summed E-state index contributed by atoms with van der Waals surface area (Å²) in [5, 5.41) is 2.23. The van der Waals surface area contributed by atoms with Crippen molar-refractivity contribution in [2.24, 2.45) is 0 Å². The van der Waals surface area contributed by atoms with Gasteiger partial charge in [0.25, 0.3) is 0 Å². The van der Waals surface area contributed by atoms with Crippen molar-refractivity contribution in [1.82, 2.24) is 0 Å². The highest BCUT2D eigenvalue weighted by atomic mass is 32.1. The number of thiophene rings is 1. The maximum absolute atomic E-state index is 2.34. The Morgan fingerprint density at radius 3 is 2.83 bits per heavy atom. The Kier molecular flexibility index (Phi) is 3.80. The molecule has 0 saturated heterocycles. The van der Waals surface area contributed by atoms with E-state index in [-0.39, 0.29) is 0 Å². The van der Waals surface area contributed by atoms with Crippen molar-refractivity contribution < 1.29 is 0 Å². The first-order valence-electron chi connectivity index (χ1n) is 4.94. The molecule has 0 nitrogen and oxygen atoms in total. The summed E-state index contributed by atoms with van der Waals surface area (Å²) in [7, 11) is 0. The number of rotatable bonds is 0. The van der Waals surface area contributed by atoms with Gasteiger partial charge >= 0.3 is 0 Å². The lowest BCUT2D eigenvalue weighted by Gasteiger charge is -2.17. The fourth-order valence-electron chi connectivity index (χ4n) is 1.72. The Bertz CT molecular complexity index is 225. The Labute approximate surface area is 79.6 Å². The molecule has 12 heavy (non-hydrogen) atoms. The molecule has 68 valence electrons. The molecule has 0 radical (unpaired) electrons. The zero-order valence-corrected chi connectivity index (χ0v) is 9.08. The van der Waals surface area contributed by atoms with Crippen LogP contribution in [0.3, 0.4) is 0 Å². The van der Waals surface area contributed by atoms with Crippen LogP contribution in [-0.4, -0.2) is 0 Å². The van der Waals surface area contributed by atoms with Crippen LogP contribution in [0.1, 0.15) is 50.0 Å². The van der Waals surface area contributed by atoms with Gasteiger partial charge < -0.3 is 0 Å². The molecule has 2 rings (SSSR count). The van der Waals surface area contributed by atoms with Gasteiger partial charge in [-0.2, -0.15) is 0 Å². The molecule has 0 aromatic carbocycles. The van der Waals surface area contributed by atoms with Crippen LogP contribution in [0.4, 0.5) is 0 Å². The van der Waals surface area contributed by atoms with E-state index in [0.29, 0.717) is 0 Å². The van der Waals surface area contributed by atoms with Crippen molar-refractivity contribution in [3.8, 4) is 0 Å². The van der Waals surface area contributed by atoms with Gasteiger partial charge in [0.15, 0.2) is 0 Å². The first-order valence-corrected chi connectivity index (χ1v) is 5.82. The summed E-state index contributed by atoms with van der Waals surface area (Å²) >= 11 is 1.93. The van der Waals surface area contributed by atoms with Crippen LogP contribution in [-0.2, 0) is 6.42 Å². The van der Waals surface area contributed by atoms with Gasteiger partial charge in [-0.25, -0.2) is 0 Å². The smallest absolute Gasteiger partial charge is 0.00799 e. The van der Waals surface area contributed by atoms with E-state index >= 15 is 0 Å². The second kappa shape index (κ2) is 4.66. The van der Waals surface area contributed by atoms with Crippen LogP contribution >= 0.6 is 11.3 Å². The summed E-state index contributed by atoms with van der Waals surface area (Å²) in [6, 6.07) is 2.30. The average Bonchev–Trinajstić information content (AvgIpc) is 2.57. The number of fused-ring (bicyclic) bond motifs is 1. The standard InChI is InChI=1S/C9H12S.C2H6/c1-7-3-2-4-9-8(7)5-6-10-9;1-2/h5-7H,2-4H2,1H3;1-2H3. The van der Waals surface area contributed by atoms with Gasteiger partial charge in [0.2, 0.25) is 0 Å². The van der Waals surface area contributed by atoms with E-state index in [9.17, 15) is 0 Å². The second-order valence-corrected chi connectivity index (χ2v) is 4.09. The lowest BCUT2D eigenvalue weighted by molar-refractivity contribution is 0.598. The van der Waals surface area contributed by atoms with Crippen molar-refractivity contribution >= 4 is 11.3 Å². The molecule has 1 heteroatoms. The van der Waals surface area contributed by atoms with E-state index in [1.807, 2.05) is 25.2 Å². The Hall–Kier alpha value is -0.300. The van der Waals surface area contributed by atoms with Gasteiger partial charge in [0.1, 0.15) is 0 Å². The lowest BCUT2D eigenvalue weighted by Crippen LogP contribution is -2.02. The lowest BCUT2D eigenvalue weighted by atomic mass is 9.90. The van der Waals surface area contributed by atoms with E-state index in [1.54, 1.807) is 10.4 Å². The van der Waals surface area contributed by atoms with E-state index in [2.05, 4.69) is 18.4 Å². The van der Waals surface area contributed by atoms with Gasteiger partial charge in [-0.3, -0.25) is 0 Å². The summed E-state index contributed by atoms with van der Waals surface area (Å²) in [6.45, 7) is 6.34. The van der Waals surface area contributed by atoms with Crippen molar-refractivity contribution in [2.45, 2.75) is 46.0 Å². The minimum absolute atomic E-state index is 0.829. The first kappa shape index (κ1) is 9.79. The van der Waals surface area contributed by atoms with Crippen LogP contribution in [0.5, 0.6) is 0 Å². The van der Waals surface area contributed by atoms with Gasteiger partial charge in [-0.05, 0) is 42.2 Å². The molecule has 0 amide bonds. The number of hydrogen-bond acceptors (Lipinski definition) is 1. The van der Waals surface area contributed by atoms with E-state index < -0.39 is 0 Å². The maximum Gasteiger partial charge on any atom is 0.00799 e. The first-order chi connectivity index (χ1) is 5.88. The van der Waals surface area contributed by atoms with E-state index in [0.717, 1.165) is 5.92 Å². The van der Waals surface area contributed by atoms with E-state index in [1.165, 1.54) is 19.3 Å². The van der Waals surface area contributed by atoms with Crippen LogP contribution in [0.25, 0.3) is 0 Å². The normalized spacial score (nSPS) is 20.8. The SMILES string of the molecule is CC.CC1CCCc2sccc21. The molecular weight excluding hydrogens is 164 g/mol. The Morgan fingerprint density at radius 1 is 1.42 bits per heavy atom. The topological polar surface area (TPSA) is 0 Å². The molecule has 1 unspecified atom stereocenters. The molecule has 1 heterocycles. The van der Waals surface area contributed by atoms with Gasteiger partial charge in [-0.15, -0.1) is 11.3 Å². The zero-order valence-electron chi connectivity index (χ0n) is 8.26. The summed E-state index contributed by atoms with van der Waals surface area (Å²) in [6.07, 6.45) is 4.12. The monoisotopic (exact) mass is 182 g/mol. The minimum Gasteiger partial charge on any atom is -0.149 e. The number of hydrogen-bond donors (Lipinski definition) is 0. The molecule has 1 aliphatic carbocycles. The van der Waals surface area contributed by atoms with Crippen LogP contribution in [0, 0.1) is 0 Å². The van der Waals surface area contributed by atoms with Gasteiger partial charge in [0.05, 0.1) is 0 Å². The third kappa shape index (κ3) is 1.89. The molecule has 1 aromatic rings. The van der Waals surface area contributed by atoms with Crippen molar-refractivity contribution in [3.05, 3.63) is 21.9 Å². The molecule has 1 atom stereocenters. The third-order valence-corrected chi connectivity index (χ3v) is 3.35. The highest BCUT2D eigenvalue weighted by molar-refractivity contribution is 7.10. The highest BCUT2D eigenvalue weighted by Gasteiger charge is 2.16. The van der Waals surface area contributed by atoms with Crippen LogP contribution < -0.4 is 0 Å². The third-order valence-electron chi connectivity index (χ3n) is 2.35. The minimum atomic E-state index is 0.829. The molecule has 0 fully saturated rings. The van der Waals surface area contributed by atoms with Crippen molar-refractivity contribution in [3.63, 3.8) is 0 Å². The molecule has 0 saturated carbocycles. The summed E-state index contributed by atoms with van der Waals surface area (Å²) < 4.78 is 0. The van der Waals surface area contributed by atoms with Crippen LogP contribution in [0.15, 0.2) is 11.4 Å². The maximum atomic E-state index is 2.34. The number of aryl methyl sites for hydroxylation is 1. The molecule has 1 aliphatic rings. The molecule has 0 N–H and O–H groups in total. The molecule has 0 spiro atoms. The molecule has 0 bridgehead atoms. The van der Waals surface area contributed by atoms with Crippen molar-refractivity contribution in [1.29, 1.82) is 0 Å². The quantitative estimate of drug-likeness (QED) is 0.563. The molecule has 1 aromatic heterocycles. The Morgan fingerprint density at radius 2 is 2.17 bits per heavy atom. The van der Waals surface area contributed by atoms with Gasteiger partial charge in [0, 0.05) is 4.88 Å². The fraction of sp³-hybridized carbons (Fsp3) is 0.636. The van der Waals surface area contributed by atoms with Gasteiger partial charge in [-0.1, -0.05) is 20.8 Å². The van der Waals surface area contributed by atoms with Crippen molar-refractivity contribution in [2.75, 3.05) is 0 Å². The predicted octanol–water partition coefficient (Wildman–Crippen LogP) is 4.21. The fourth-order valence-corrected chi connectivity index (χ4v) is 2.76. The average molecular weight is 182 g/mol. The second-order valence-electron chi connectivity index (χ2n) is 3.09.